The molecule has 2 rings (SSSR count). The van der Waals surface area contributed by atoms with E-state index in [2.05, 4.69) is 10.6 Å². The molecule has 110 valence electrons. The van der Waals surface area contributed by atoms with Gasteiger partial charge in [0.2, 0.25) is 0 Å². The summed E-state index contributed by atoms with van der Waals surface area (Å²) in [4.78, 5) is 12.5. The lowest BCUT2D eigenvalue weighted by molar-refractivity contribution is 0.0273. The van der Waals surface area contributed by atoms with Gasteiger partial charge in [-0.15, -0.1) is 0 Å². The van der Waals surface area contributed by atoms with Crippen LogP contribution in [0.15, 0.2) is 18.2 Å². The minimum absolute atomic E-state index is 0.114. The monoisotopic (exact) mass is 296 g/mol. The van der Waals surface area contributed by atoms with Crippen LogP contribution in [0.1, 0.15) is 37.0 Å². The molecular weight excluding hydrogens is 276 g/mol. The number of rotatable bonds is 4. The van der Waals surface area contributed by atoms with Crippen LogP contribution in [0.3, 0.4) is 0 Å². The Morgan fingerprint density at radius 3 is 2.95 bits per heavy atom. The van der Waals surface area contributed by atoms with Crippen molar-refractivity contribution in [2.24, 2.45) is 0 Å². The third kappa shape index (κ3) is 3.64. The first-order valence-corrected chi connectivity index (χ1v) is 7.35. The summed E-state index contributed by atoms with van der Waals surface area (Å²) >= 11 is 6.01. The standard InChI is InChI=1S/C15H21ClN2O2/c1-3-17-13-6-5-11(16)9-12(13)14(19)18-15(2)7-4-8-20-10-15/h5-6,9,17H,3-4,7-8,10H2,1-2H3,(H,18,19). The smallest absolute Gasteiger partial charge is 0.253 e. The fraction of sp³-hybridized carbons (Fsp3) is 0.533. The van der Waals surface area contributed by atoms with Gasteiger partial charge in [-0.25, -0.2) is 0 Å². The van der Waals surface area contributed by atoms with E-state index in [1.807, 2.05) is 19.9 Å². The van der Waals surface area contributed by atoms with Crippen molar-refractivity contribution in [3.8, 4) is 0 Å². The summed E-state index contributed by atoms with van der Waals surface area (Å²) < 4.78 is 5.47. The molecule has 1 aromatic rings. The van der Waals surface area contributed by atoms with Gasteiger partial charge in [-0.2, -0.15) is 0 Å². The van der Waals surface area contributed by atoms with Gasteiger partial charge in [0.05, 0.1) is 17.7 Å². The summed E-state index contributed by atoms with van der Waals surface area (Å²) in [5.41, 5.74) is 1.07. The highest BCUT2D eigenvalue weighted by Gasteiger charge is 2.30. The van der Waals surface area contributed by atoms with Crippen LogP contribution >= 0.6 is 11.6 Å². The number of hydrogen-bond acceptors (Lipinski definition) is 3. The molecule has 1 unspecified atom stereocenters. The molecule has 1 aliphatic rings. The van der Waals surface area contributed by atoms with Gasteiger partial charge in [-0.3, -0.25) is 4.79 Å². The Hall–Kier alpha value is -1.26. The molecule has 0 radical (unpaired) electrons. The van der Waals surface area contributed by atoms with Gasteiger partial charge < -0.3 is 15.4 Å². The second-order valence-corrected chi connectivity index (χ2v) is 5.83. The Morgan fingerprint density at radius 2 is 2.30 bits per heavy atom. The van der Waals surface area contributed by atoms with E-state index in [9.17, 15) is 4.79 Å². The molecule has 0 aliphatic carbocycles. The van der Waals surface area contributed by atoms with Crippen molar-refractivity contribution in [1.82, 2.24) is 5.32 Å². The Bertz CT molecular complexity index is 485. The summed E-state index contributed by atoms with van der Waals surface area (Å²) in [6.45, 7) is 6.08. The van der Waals surface area contributed by atoms with E-state index >= 15 is 0 Å². The number of carbonyl (C=O) groups is 1. The lowest BCUT2D eigenvalue weighted by Crippen LogP contribution is -2.51. The van der Waals surface area contributed by atoms with Crippen LogP contribution in [0.5, 0.6) is 0 Å². The minimum atomic E-state index is -0.304. The fourth-order valence-corrected chi connectivity index (χ4v) is 2.60. The zero-order chi connectivity index (χ0) is 14.6. The number of hydrogen-bond donors (Lipinski definition) is 2. The summed E-state index contributed by atoms with van der Waals surface area (Å²) in [5, 5.41) is 6.82. The van der Waals surface area contributed by atoms with Crippen molar-refractivity contribution in [2.45, 2.75) is 32.2 Å². The van der Waals surface area contributed by atoms with E-state index in [0.717, 1.165) is 31.7 Å². The number of anilines is 1. The van der Waals surface area contributed by atoms with E-state index in [1.54, 1.807) is 12.1 Å². The maximum Gasteiger partial charge on any atom is 0.253 e. The Balaban J connectivity index is 2.17. The van der Waals surface area contributed by atoms with Gasteiger partial charge in [-0.1, -0.05) is 11.6 Å². The van der Waals surface area contributed by atoms with Crippen LogP contribution in [-0.4, -0.2) is 31.2 Å². The molecule has 1 amide bonds. The van der Waals surface area contributed by atoms with Crippen LogP contribution in [0.4, 0.5) is 5.69 Å². The maximum atomic E-state index is 12.5. The predicted molar refractivity (Wildman–Crippen MR) is 81.5 cm³/mol. The first kappa shape index (κ1) is 15.1. The largest absolute Gasteiger partial charge is 0.385 e. The van der Waals surface area contributed by atoms with Crippen molar-refractivity contribution in [3.63, 3.8) is 0 Å². The molecule has 1 saturated heterocycles. The van der Waals surface area contributed by atoms with Crippen molar-refractivity contribution >= 4 is 23.2 Å². The fourth-order valence-electron chi connectivity index (χ4n) is 2.42. The molecule has 0 saturated carbocycles. The van der Waals surface area contributed by atoms with Gasteiger partial charge in [0.1, 0.15) is 0 Å². The lowest BCUT2D eigenvalue weighted by Gasteiger charge is -2.34. The molecule has 20 heavy (non-hydrogen) atoms. The average Bonchev–Trinajstić information content (AvgIpc) is 2.41. The summed E-state index contributed by atoms with van der Waals surface area (Å²) in [5.74, 6) is -0.114. The molecule has 4 nitrogen and oxygen atoms in total. The quantitative estimate of drug-likeness (QED) is 0.898. The van der Waals surface area contributed by atoms with E-state index in [0.29, 0.717) is 17.2 Å². The minimum Gasteiger partial charge on any atom is -0.385 e. The normalized spacial score (nSPS) is 22.4. The topological polar surface area (TPSA) is 50.4 Å². The van der Waals surface area contributed by atoms with E-state index in [1.165, 1.54) is 0 Å². The molecule has 1 atom stereocenters. The average molecular weight is 297 g/mol. The number of amides is 1. The van der Waals surface area contributed by atoms with Gasteiger partial charge in [0.15, 0.2) is 0 Å². The molecule has 2 N–H and O–H groups in total. The summed E-state index contributed by atoms with van der Waals surface area (Å²) in [6, 6.07) is 5.31. The highest BCUT2D eigenvalue weighted by molar-refractivity contribution is 6.31. The maximum absolute atomic E-state index is 12.5. The van der Waals surface area contributed by atoms with Crippen molar-refractivity contribution in [2.75, 3.05) is 25.1 Å². The molecule has 5 heteroatoms. The number of ether oxygens (including phenoxy) is 1. The molecule has 1 fully saturated rings. The number of carbonyl (C=O) groups excluding carboxylic acids is 1. The second-order valence-electron chi connectivity index (χ2n) is 5.39. The SMILES string of the molecule is CCNc1ccc(Cl)cc1C(=O)NC1(C)CCCOC1. The molecule has 0 aromatic heterocycles. The first-order valence-electron chi connectivity index (χ1n) is 6.98. The molecule has 0 bridgehead atoms. The van der Waals surface area contributed by atoms with Gasteiger partial charge in [0.25, 0.3) is 5.91 Å². The zero-order valence-corrected chi connectivity index (χ0v) is 12.7. The van der Waals surface area contributed by atoms with Crippen molar-refractivity contribution in [3.05, 3.63) is 28.8 Å². The highest BCUT2D eigenvalue weighted by Crippen LogP contribution is 2.23. The van der Waals surface area contributed by atoms with Gasteiger partial charge in [-0.05, 0) is 44.9 Å². The zero-order valence-electron chi connectivity index (χ0n) is 12.0. The Morgan fingerprint density at radius 1 is 1.50 bits per heavy atom. The van der Waals surface area contributed by atoms with E-state index in [-0.39, 0.29) is 11.4 Å². The van der Waals surface area contributed by atoms with E-state index in [4.69, 9.17) is 16.3 Å². The third-order valence-corrected chi connectivity index (χ3v) is 3.68. The Kier molecular flexibility index (Phi) is 4.89. The van der Waals surface area contributed by atoms with Gasteiger partial charge >= 0.3 is 0 Å². The van der Waals surface area contributed by atoms with Gasteiger partial charge in [0, 0.05) is 23.9 Å². The highest BCUT2D eigenvalue weighted by atomic mass is 35.5. The Labute approximate surface area is 124 Å². The van der Waals surface area contributed by atoms with Crippen LogP contribution in [0.2, 0.25) is 5.02 Å². The van der Waals surface area contributed by atoms with Crippen LogP contribution in [0, 0.1) is 0 Å². The van der Waals surface area contributed by atoms with Crippen molar-refractivity contribution in [1.29, 1.82) is 0 Å². The number of halogens is 1. The van der Waals surface area contributed by atoms with Crippen LogP contribution in [-0.2, 0) is 4.74 Å². The number of benzene rings is 1. The third-order valence-electron chi connectivity index (χ3n) is 3.45. The number of nitrogens with one attached hydrogen (secondary N) is 2. The molecular formula is C15H21ClN2O2. The molecule has 0 spiro atoms. The predicted octanol–water partition coefficient (Wildman–Crippen LogP) is 3.07. The molecule has 1 aliphatic heterocycles. The first-order chi connectivity index (χ1) is 9.54. The molecule has 1 aromatic carbocycles. The lowest BCUT2D eigenvalue weighted by atomic mass is 9.94. The van der Waals surface area contributed by atoms with Crippen molar-refractivity contribution < 1.29 is 9.53 Å². The second kappa shape index (κ2) is 6.46. The van der Waals surface area contributed by atoms with Crippen LogP contribution in [0.25, 0.3) is 0 Å². The van der Waals surface area contributed by atoms with Crippen LogP contribution < -0.4 is 10.6 Å². The van der Waals surface area contributed by atoms with E-state index < -0.39 is 0 Å². The summed E-state index contributed by atoms with van der Waals surface area (Å²) in [7, 11) is 0. The summed E-state index contributed by atoms with van der Waals surface area (Å²) in [6.07, 6.45) is 1.89. The molecule has 1 heterocycles.